The van der Waals surface area contributed by atoms with Crippen molar-refractivity contribution in [3.8, 4) is 17.4 Å². The molecule has 9 heteroatoms. The second-order valence-electron chi connectivity index (χ2n) is 5.73. The van der Waals surface area contributed by atoms with Gasteiger partial charge in [0.05, 0.1) is 20.7 Å². The van der Waals surface area contributed by atoms with Crippen LogP contribution in [-0.4, -0.2) is 10.8 Å². The molecule has 0 spiro atoms. The number of furan rings is 1. The molecule has 0 bridgehead atoms. The minimum Gasteiger partial charge on any atom is -0.457 e. The fraction of sp³-hybridized carbons (Fsp3) is 0. The number of carbonyl (C=O) groups excluding carboxylic acids is 1. The van der Waals surface area contributed by atoms with Crippen LogP contribution in [0.15, 0.2) is 64.6 Å². The van der Waals surface area contributed by atoms with Crippen molar-refractivity contribution < 1.29 is 14.1 Å². The van der Waals surface area contributed by atoms with Gasteiger partial charge in [-0.3, -0.25) is 14.9 Å². The highest BCUT2D eigenvalue weighted by atomic mass is 35.5. The van der Waals surface area contributed by atoms with Gasteiger partial charge in [-0.25, -0.2) is 0 Å². The molecule has 29 heavy (non-hydrogen) atoms. The van der Waals surface area contributed by atoms with E-state index in [4.69, 9.17) is 27.6 Å². The van der Waals surface area contributed by atoms with Crippen molar-refractivity contribution in [3.05, 3.63) is 86.1 Å². The number of para-hydroxylation sites is 1. The zero-order valence-electron chi connectivity index (χ0n) is 14.6. The lowest BCUT2D eigenvalue weighted by atomic mass is 10.1. The van der Waals surface area contributed by atoms with Crippen molar-refractivity contribution in [2.45, 2.75) is 0 Å². The SMILES string of the molecule is N#C/C(=C\c1ccc(-c2cccc([N+](=O)[O-])c2)o1)C(=O)Nc1c(Cl)cccc1Cl. The molecule has 1 heterocycles. The van der Waals surface area contributed by atoms with Gasteiger partial charge >= 0.3 is 0 Å². The monoisotopic (exact) mass is 427 g/mol. The third-order valence-electron chi connectivity index (χ3n) is 3.82. The van der Waals surface area contributed by atoms with Crippen molar-refractivity contribution in [2.24, 2.45) is 0 Å². The Hall–Kier alpha value is -3.60. The molecule has 0 atom stereocenters. The summed E-state index contributed by atoms with van der Waals surface area (Å²) in [7, 11) is 0. The lowest BCUT2D eigenvalue weighted by molar-refractivity contribution is -0.384. The topological polar surface area (TPSA) is 109 Å². The van der Waals surface area contributed by atoms with Crippen LogP contribution in [0.25, 0.3) is 17.4 Å². The van der Waals surface area contributed by atoms with Crippen LogP contribution < -0.4 is 5.32 Å². The summed E-state index contributed by atoms with van der Waals surface area (Å²) in [5.41, 5.74) is 0.369. The summed E-state index contributed by atoms with van der Waals surface area (Å²) in [6.45, 7) is 0. The van der Waals surface area contributed by atoms with Crippen LogP contribution >= 0.6 is 23.2 Å². The molecule has 0 saturated carbocycles. The average Bonchev–Trinajstić information content (AvgIpc) is 3.17. The molecule has 1 aromatic heterocycles. The molecule has 0 fully saturated rings. The van der Waals surface area contributed by atoms with Crippen LogP contribution in [0, 0.1) is 21.4 Å². The zero-order chi connectivity index (χ0) is 21.0. The zero-order valence-corrected chi connectivity index (χ0v) is 16.1. The fourth-order valence-electron chi connectivity index (χ4n) is 2.45. The number of hydrogen-bond acceptors (Lipinski definition) is 5. The van der Waals surface area contributed by atoms with Gasteiger partial charge in [0.2, 0.25) is 0 Å². The van der Waals surface area contributed by atoms with Crippen LogP contribution in [0.5, 0.6) is 0 Å². The molecule has 1 N–H and O–H groups in total. The summed E-state index contributed by atoms with van der Waals surface area (Å²) in [4.78, 5) is 22.8. The van der Waals surface area contributed by atoms with Gasteiger partial charge in [0.1, 0.15) is 23.2 Å². The fourth-order valence-corrected chi connectivity index (χ4v) is 2.94. The van der Waals surface area contributed by atoms with E-state index in [1.54, 1.807) is 42.5 Å². The van der Waals surface area contributed by atoms with Gasteiger partial charge in [-0.1, -0.05) is 41.4 Å². The van der Waals surface area contributed by atoms with Crippen LogP contribution in [0.3, 0.4) is 0 Å². The number of nitriles is 1. The molecule has 3 aromatic rings. The summed E-state index contributed by atoms with van der Waals surface area (Å²) in [5.74, 6) is -0.133. The number of benzene rings is 2. The first-order valence-electron chi connectivity index (χ1n) is 8.11. The normalized spacial score (nSPS) is 11.0. The minimum atomic E-state index is -0.712. The number of amides is 1. The van der Waals surface area contributed by atoms with Gasteiger partial charge in [0.15, 0.2) is 0 Å². The molecule has 144 valence electrons. The summed E-state index contributed by atoms with van der Waals surface area (Å²) >= 11 is 12.0. The average molecular weight is 428 g/mol. The maximum atomic E-state index is 12.4. The lowest BCUT2D eigenvalue weighted by Gasteiger charge is -2.08. The van der Waals surface area contributed by atoms with Crippen molar-refractivity contribution in [2.75, 3.05) is 5.32 Å². The lowest BCUT2D eigenvalue weighted by Crippen LogP contribution is -2.14. The molecular weight excluding hydrogens is 417 g/mol. The quantitative estimate of drug-likeness (QED) is 0.242. The summed E-state index contributed by atoms with van der Waals surface area (Å²) in [6, 6.07) is 15.6. The first-order chi connectivity index (χ1) is 13.9. The van der Waals surface area contributed by atoms with E-state index in [-0.39, 0.29) is 32.8 Å². The minimum absolute atomic E-state index is 0.0790. The molecule has 2 aromatic carbocycles. The Bertz CT molecular complexity index is 1160. The van der Waals surface area contributed by atoms with Gasteiger partial charge in [-0.05, 0) is 24.3 Å². The molecule has 0 aliphatic heterocycles. The van der Waals surface area contributed by atoms with E-state index in [1.807, 2.05) is 0 Å². The van der Waals surface area contributed by atoms with Crippen LogP contribution in [0.2, 0.25) is 10.0 Å². The molecule has 1 amide bonds. The Labute approximate surface area is 174 Å². The maximum Gasteiger partial charge on any atom is 0.270 e. The highest BCUT2D eigenvalue weighted by Crippen LogP contribution is 2.30. The Morgan fingerprint density at radius 3 is 2.48 bits per heavy atom. The number of nitro benzene ring substituents is 1. The molecular formula is C20H11Cl2N3O4. The predicted octanol–water partition coefficient (Wildman–Crippen LogP) is 5.71. The highest BCUT2D eigenvalue weighted by molar-refractivity contribution is 6.40. The molecule has 0 saturated heterocycles. The molecule has 0 aliphatic rings. The standard InChI is InChI=1S/C20H11Cl2N3O4/c21-16-5-2-6-17(22)19(16)24-20(26)13(11-23)10-15-7-8-18(29-15)12-3-1-4-14(9-12)25(27)28/h1-10H,(H,24,26)/b13-10+. The molecule has 3 rings (SSSR count). The van der Waals surface area contributed by atoms with Crippen LogP contribution in [-0.2, 0) is 4.79 Å². The van der Waals surface area contributed by atoms with E-state index in [9.17, 15) is 20.2 Å². The molecule has 0 aliphatic carbocycles. The Morgan fingerprint density at radius 2 is 1.83 bits per heavy atom. The van der Waals surface area contributed by atoms with E-state index in [0.717, 1.165) is 0 Å². The first kappa shape index (κ1) is 20.1. The second kappa shape index (κ2) is 8.61. The van der Waals surface area contributed by atoms with Crippen molar-refractivity contribution in [3.63, 3.8) is 0 Å². The largest absolute Gasteiger partial charge is 0.457 e. The number of nitrogens with zero attached hydrogens (tertiary/aromatic N) is 2. The van der Waals surface area contributed by atoms with Gasteiger partial charge < -0.3 is 9.73 Å². The Morgan fingerprint density at radius 1 is 1.14 bits per heavy atom. The summed E-state index contributed by atoms with van der Waals surface area (Å²) < 4.78 is 5.60. The van der Waals surface area contributed by atoms with Gasteiger partial charge in [0.25, 0.3) is 11.6 Å². The number of nitrogens with one attached hydrogen (secondary N) is 1. The van der Waals surface area contributed by atoms with E-state index in [2.05, 4.69) is 5.32 Å². The number of rotatable bonds is 5. The molecule has 7 nitrogen and oxygen atoms in total. The third kappa shape index (κ3) is 4.63. The predicted molar refractivity (Wildman–Crippen MR) is 109 cm³/mol. The van der Waals surface area contributed by atoms with Gasteiger partial charge in [-0.2, -0.15) is 5.26 Å². The van der Waals surface area contributed by atoms with E-state index in [0.29, 0.717) is 11.3 Å². The number of nitro groups is 1. The Kier molecular flexibility index (Phi) is 5.98. The number of halogens is 2. The van der Waals surface area contributed by atoms with Crippen molar-refractivity contribution >= 4 is 46.6 Å². The Balaban J connectivity index is 1.85. The van der Waals surface area contributed by atoms with E-state index in [1.165, 1.54) is 24.3 Å². The summed E-state index contributed by atoms with van der Waals surface area (Å²) in [6.07, 6.45) is 1.25. The molecule has 0 radical (unpaired) electrons. The number of carbonyl (C=O) groups is 1. The van der Waals surface area contributed by atoms with Crippen LogP contribution in [0.1, 0.15) is 5.76 Å². The number of non-ortho nitro benzene ring substituents is 1. The van der Waals surface area contributed by atoms with Crippen molar-refractivity contribution in [1.82, 2.24) is 0 Å². The maximum absolute atomic E-state index is 12.4. The van der Waals surface area contributed by atoms with E-state index >= 15 is 0 Å². The van der Waals surface area contributed by atoms with Gasteiger partial charge in [0, 0.05) is 23.8 Å². The van der Waals surface area contributed by atoms with Crippen LogP contribution in [0.4, 0.5) is 11.4 Å². The number of anilines is 1. The third-order valence-corrected chi connectivity index (χ3v) is 4.45. The smallest absolute Gasteiger partial charge is 0.270 e. The number of hydrogen-bond donors (Lipinski definition) is 1. The first-order valence-corrected chi connectivity index (χ1v) is 8.86. The van der Waals surface area contributed by atoms with Crippen molar-refractivity contribution in [1.29, 1.82) is 5.26 Å². The highest BCUT2D eigenvalue weighted by Gasteiger charge is 2.15. The molecule has 0 unspecified atom stereocenters. The van der Waals surface area contributed by atoms with E-state index < -0.39 is 10.8 Å². The summed E-state index contributed by atoms with van der Waals surface area (Å²) in [5, 5.41) is 23.2. The second-order valence-corrected chi connectivity index (χ2v) is 6.54. The van der Waals surface area contributed by atoms with Gasteiger partial charge in [-0.15, -0.1) is 0 Å².